The molecule has 0 fully saturated rings. The Morgan fingerprint density at radius 2 is 2.32 bits per heavy atom. The van der Waals surface area contributed by atoms with Crippen LogP contribution in [0.15, 0.2) is 18.2 Å². The molecule has 0 amide bonds. The average Bonchev–Trinajstić information content (AvgIpc) is 2.84. The fourth-order valence-electron chi connectivity index (χ4n) is 2.42. The smallest absolute Gasteiger partial charge is 0.323 e. The van der Waals surface area contributed by atoms with Gasteiger partial charge in [0.25, 0.3) is 0 Å². The first-order valence-electron chi connectivity index (χ1n) is 6.78. The Hall–Kier alpha value is -1.55. The molecule has 19 heavy (non-hydrogen) atoms. The number of carboxylic acid groups (broad SMARTS) is 1. The molecule has 2 N–H and O–H groups in total. The van der Waals surface area contributed by atoms with Crippen LogP contribution in [-0.4, -0.2) is 23.2 Å². The molecule has 4 heteroatoms. The molecule has 1 unspecified atom stereocenters. The number of ether oxygens (including phenoxy) is 1. The third kappa shape index (κ3) is 3.07. The minimum atomic E-state index is -0.857. The van der Waals surface area contributed by atoms with E-state index in [1.807, 2.05) is 19.1 Å². The monoisotopic (exact) mass is 263 g/mol. The fraction of sp³-hybridized carbons (Fsp3) is 0.533. The summed E-state index contributed by atoms with van der Waals surface area (Å²) < 4.78 is 5.46. The van der Waals surface area contributed by atoms with Crippen molar-refractivity contribution >= 4 is 5.97 Å². The number of hydrogen-bond acceptors (Lipinski definition) is 3. The minimum absolute atomic E-state index is 0.566. The van der Waals surface area contributed by atoms with Gasteiger partial charge < -0.3 is 9.84 Å². The molecule has 4 nitrogen and oxygen atoms in total. The Balaban J connectivity index is 2.03. The zero-order valence-electron chi connectivity index (χ0n) is 11.5. The summed E-state index contributed by atoms with van der Waals surface area (Å²) in [6, 6.07) is 6.06. The van der Waals surface area contributed by atoms with E-state index in [4.69, 9.17) is 4.74 Å². The molecular weight excluding hydrogens is 242 g/mol. The van der Waals surface area contributed by atoms with Gasteiger partial charge in [0.2, 0.25) is 0 Å². The molecule has 0 bridgehead atoms. The van der Waals surface area contributed by atoms with Crippen LogP contribution in [0.1, 0.15) is 37.8 Å². The molecule has 0 radical (unpaired) electrons. The average molecular weight is 263 g/mol. The number of aliphatic carboxylic acids is 1. The predicted molar refractivity (Wildman–Crippen MR) is 73.4 cm³/mol. The molecule has 0 saturated carbocycles. The quantitative estimate of drug-likeness (QED) is 0.827. The molecule has 0 aromatic heterocycles. The summed E-state index contributed by atoms with van der Waals surface area (Å²) in [7, 11) is 0. The van der Waals surface area contributed by atoms with E-state index in [1.54, 1.807) is 6.92 Å². The number of carboxylic acids is 1. The second-order valence-electron chi connectivity index (χ2n) is 5.28. The van der Waals surface area contributed by atoms with E-state index in [-0.39, 0.29) is 0 Å². The van der Waals surface area contributed by atoms with Crippen LogP contribution in [0, 0.1) is 0 Å². The lowest BCUT2D eigenvalue weighted by Gasteiger charge is -2.26. The van der Waals surface area contributed by atoms with Gasteiger partial charge in [-0.25, -0.2) is 0 Å². The summed E-state index contributed by atoms with van der Waals surface area (Å²) in [6.45, 7) is 5.05. The van der Waals surface area contributed by atoms with E-state index < -0.39 is 11.5 Å². The maximum absolute atomic E-state index is 11.3. The van der Waals surface area contributed by atoms with Gasteiger partial charge in [0.1, 0.15) is 11.3 Å². The van der Waals surface area contributed by atoms with E-state index >= 15 is 0 Å². The molecule has 104 valence electrons. The molecule has 1 aliphatic rings. The van der Waals surface area contributed by atoms with E-state index in [0.717, 1.165) is 30.8 Å². The number of carbonyl (C=O) groups is 1. The lowest BCUT2D eigenvalue weighted by Crippen LogP contribution is -2.48. The van der Waals surface area contributed by atoms with E-state index in [0.29, 0.717) is 13.0 Å². The van der Waals surface area contributed by atoms with Crippen molar-refractivity contribution in [3.63, 3.8) is 0 Å². The fourth-order valence-corrected chi connectivity index (χ4v) is 2.42. The van der Waals surface area contributed by atoms with Crippen LogP contribution >= 0.6 is 0 Å². The van der Waals surface area contributed by atoms with E-state index in [9.17, 15) is 9.90 Å². The zero-order valence-corrected chi connectivity index (χ0v) is 11.5. The number of nitrogens with one attached hydrogen (secondary N) is 1. The second kappa shape index (κ2) is 5.61. The summed E-state index contributed by atoms with van der Waals surface area (Å²) in [5.41, 5.74) is 1.46. The highest BCUT2D eigenvalue weighted by Crippen LogP contribution is 2.26. The van der Waals surface area contributed by atoms with Crippen molar-refractivity contribution in [3.8, 4) is 5.75 Å². The van der Waals surface area contributed by atoms with Gasteiger partial charge in [-0.3, -0.25) is 10.1 Å². The third-order valence-electron chi connectivity index (χ3n) is 3.66. The second-order valence-corrected chi connectivity index (χ2v) is 5.28. The Kier molecular flexibility index (Phi) is 4.10. The van der Waals surface area contributed by atoms with E-state index in [2.05, 4.69) is 11.4 Å². The van der Waals surface area contributed by atoms with Gasteiger partial charge in [-0.15, -0.1) is 0 Å². The molecule has 1 aliphatic heterocycles. The minimum Gasteiger partial charge on any atom is -0.493 e. The van der Waals surface area contributed by atoms with Gasteiger partial charge in [0.05, 0.1) is 6.61 Å². The molecule has 2 rings (SSSR count). The summed E-state index contributed by atoms with van der Waals surface area (Å²) in [5.74, 6) is 0.164. The summed E-state index contributed by atoms with van der Waals surface area (Å²) in [6.07, 6.45) is 2.40. The van der Waals surface area contributed by atoms with Crippen molar-refractivity contribution in [1.29, 1.82) is 0 Å². The Morgan fingerprint density at radius 1 is 1.53 bits per heavy atom. The molecule has 0 saturated heterocycles. The summed E-state index contributed by atoms with van der Waals surface area (Å²) >= 11 is 0. The maximum atomic E-state index is 11.3. The van der Waals surface area contributed by atoms with E-state index in [1.165, 1.54) is 5.56 Å². The van der Waals surface area contributed by atoms with Crippen LogP contribution in [0.25, 0.3) is 0 Å². The molecule has 1 heterocycles. The third-order valence-corrected chi connectivity index (χ3v) is 3.66. The standard InChI is InChI=1S/C15H21NO3/c1-3-7-15(2,14(17)18)16-10-11-4-5-13-12(9-11)6-8-19-13/h4-5,9,16H,3,6-8,10H2,1-2H3,(H,17,18). The van der Waals surface area contributed by atoms with Gasteiger partial charge in [-0.2, -0.15) is 0 Å². The lowest BCUT2D eigenvalue weighted by molar-refractivity contribution is -0.144. The van der Waals surface area contributed by atoms with Crippen molar-refractivity contribution in [2.45, 2.75) is 45.2 Å². The number of hydrogen-bond donors (Lipinski definition) is 2. The lowest BCUT2D eigenvalue weighted by atomic mass is 9.96. The predicted octanol–water partition coefficient (Wildman–Crippen LogP) is 2.35. The summed E-state index contributed by atoms with van der Waals surface area (Å²) in [5, 5.41) is 12.5. The highest BCUT2D eigenvalue weighted by atomic mass is 16.5. The van der Waals surface area contributed by atoms with Crippen LogP contribution in [0.5, 0.6) is 5.75 Å². The Morgan fingerprint density at radius 3 is 3.00 bits per heavy atom. The first-order chi connectivity index (χ1) is 9.05. The molecular formula is C15H21NO3. The number of benzene rings is 1. The Labute approximate surface area is 113 Å². The van der Waals surface area contributed by atoms with Crippen LogP contribution < -0.4 is 10.1 Å². The van der Waals surface area contributed by atoms with Gasteiger partial charge >= 0.3 is 5.97 Å². The van der Waals surface area contributed by atoms with Crippen molar-refractivity contribution in [2.75, 3.05) is 6.61 Å². The largest absolute Gasteiger partial charge is 0.493 e. The van der Waals surface area contributed by atoms with Crippen LogP contribution in [-0.2, 0) is 17.8 Å². The molecule has 1 atom stereocenters. The van der Waals surface area contributed by atoms with Crippen LogP contribution in [0.4, 0.5) is 0 Å². The van der Waals surface area contributed by atoms with Crippen molar-refractivity contribution in [2.24, 2.45) is 0 Å². The number of rotatable bonds is 6. The summed E-state index contributed by atoms with van der Waals surface area (Å²) in [4.78, 5) is 11.3. The number of fused-ring (bicyclic) bond motifs is 1. The first-order valence-corrected chi connectivity index (χ1v) is 6.78. The normalized spacial score (nSPS) is 16.5. The highest BCUT2D eigenvalue weighted by Gasteiger charge is 2.31. The van der Waals surface area contributed by atoms with Gasteiger partial charge in [0, 0.05) is 13.0 Å². The van der Waals surface area contributed by atoms with Crippen molar-refractivity contribution in [1.82, 2.24) is 5.32 Å². The van der Waals surface area contributed by atoms with Gasteiger partial charge in [-0.05, 0) is 30.5 Å². The van der Waals surface area contributed by atoms with Crippen LogP contribution in [0.2, 0.25) is 0 Å². The van der Waals surface area contributed by atoms with Gasteiger partial charge in [-0.1, -0.05) is 25.5 Å². The zero-order chi connectivity index (χ0) is 13.9. The first kappa shape index (κ1) is 13.9. The van der Waals surface area contributed by atoms with Crippen molar-refractivity contribution in [3.05, 3.63) is 29.3 Å². The Bertz CT molecular complexity index is 472. The molecule has 0 spiro atoms. The van der Waals surface area contributed by atoms with Gasteiger partial charge in [0.15, 0.2) is 0 Å². The topological polar surface area (TPSA) is 58.6 Å². The molecule has 1 aromatic carbocycles. The SMILES string of the molecule is CCCC(C)(NCc1ccc2c(c1)CCO2)C(=O)O. The molecule has 0 aliphatic carbocycles. The van der Waals surface area contributed by atoms with Crippen LogP contribution in [0.3, 0.4) is 0 Å². The highest BCUT2D eigenvalue weighted by molar-refractivity contribution is 5.78. The van der Waals surface area contributed by atoms with Crippen molar-refractivity contribution < 1.29 is 14.6 Å². The molecule has 1 aromatic rings. The maximum Gasteiger partial charge on any atom is 0.323 e.